The Labute approximate surface area is 161 Å². The Kier molecular flexibility index (Phi) is 3.59. The molecule has 0 radical (unpaired) electrons. The van der Waals surface area contributed by atoms with Crippen LogP contribution in [-0.4, -0.2) is 52.0 Å². The summed E-state index contributed by atoms with van der Waals surface area (Å²) in [6.45, 7) is 4.00. The van der Waals surface area contributed by atoms with E-state index < -0.39 is 6.43 Å². The number of halogens is 2. The third-order valence-electron chi connectivity index (χ3n) is 6.84. The van der Waals surface area contributed by atoms with E-state index in [1.807, 2.05) is 0 Å². The van der Waals surface area contributed by atoms with E-state index in [0.29, 0.717) is 35.4 Å². The minimum atomic E-state index is -2.64. The third kappa shape index (κ3) is 2.58. The molecule has 0 bridgehead atoms. The van der Waals surface area contributed by atoms with Gasteiger partial charge >= 0.3 is 0 Å². The molecule has 2 saturated carbocycles. The Hall–Kier alpha value is -2.06. The van der Waals surface area contributed by atoms with Crippen molar-refractivity contribution in [1.82, 2.24) is 19.7 Å². The number of hydrogen-bond donors (Lipinski definition) is 1. The molecule has 4 fully saturated rings. The molecule has 8 heteroatoms. The van der Waals surface area contributed by atoms with Crippen LogP contribution in [0.2, 0.25) is 0 Å². The average Bonchev–Trinajstić information content (AvgIpc) is 3.50. The summed E-state index contributed by atoms with van der Waals surface area (Å²) >= 11 is 0. The van der Waals surface area contributed by atoms with Gasteiger partial charge in [-0.05, 0) is 36.8 Å². The van der Waals surface area contributed by atoms with Crippen LogP contribution >= 0.6 is 0 Å². The summed E-state index contributed by atoms with van der Waals surface area (Å²) in [5.41, 5.74) is 8.00. The lowest BCUT2D eigenvalue weighted by atomic mass is 10.1. The number of ether oxygens (including phenoxy) is 1. The Morgan fingerprint density at radius 1 is 1.11 bits per heavy atom. The molecule has 2 aliphatic heterocycles. The van der Waals surface area contributed by atoms with Gasteiger partial charge in [0, 0.05) is 36.5 Å². The Bertz CT molecular complexity index is 911. The number of piperidine rings is 1. The maximum atomic E-state index is 13.2. The number of nitrogen functional groups attached to an aromatic ring is 1. The molecule has 0 amide bonds. The standard InChI is InChI=1S/C20H23F2N5O/c21-19(22)13-3-10(5-24-20(13)23)16-4-17(27(25-16)11-1-2-11)18-14-6-26(7-15(14)18)12-8-28-9-12/h3-5,11-12,14-15,18-19H,1-2,6-9H2,(H2,23,24)/t14-,15+,18-. The van der Waals surface area contributed by atoms with E-state index in [-0.39, 0.29) is 11.4 Å². The number of pyridine rings is 1. The van der Waals surface area contributed by atoms with Crippen molar-refractivity contribution in [1.29, 1.82) is 0 Å². The van der Waals surface area contributed by atoms with Crippen LogP contribution in [0.5, 0.6) is 0 Å². The molecule has 4 aliphatic rings. The number of fused-ring (bicyclic) bond motifs is 1. The van der Waals surface area contributed by atoms with E-state index in [0.717, 1.165) is 44.8 Å². The first-order valence-corrected chi connectivity index (χ1v) is 10.1. The van der Waals surface area contributed by atoms with Gasteiger partial charge in [0.05, 0.1) is 36.6 Å². The summed E-state index contributed by atoms with van der Waals surface area (Å²) in [6.07, 6.45) is 1.20. The average molecular weight is 387 g/mol. The Morgan fingerprint density at radius 2 is 1.86 bits per heavy atom. The molecule has 148 valence electrons. The van der Waals surface area contributed by atoms with Crippen molar-refractivity contribution in [3.63, 3.8) is 0 Å². The second-order valence-corrected chi connectivity index (χ2v) is 8.63. The molecule has 6 rings (SSSR count). The fraction of sp³-hybridized carbons (Fsp3) is 0.600. The second-order valence-electron chi connectivity index (χ2n) is 8.63. The number of hydrogen-bond acceptors (Lipinski definition) is 5. The molecule has 28 heavy (non-hydrogen) atoms. The van der Waals surface area contributed by atoms with Gasteiger partial charge in [-0.3, -0.25) is 9.58 Å². The van der Waals surface area contributed by atoms with Crippen LogP contribution in [0.25, 0.3) is 11.3 Å². The third-order valence-corrected chi connectivity index (χ3v) is 6.84. The number of anilines is 1. The first-order valence-electron chi connectivity index (χ1n) is 10.1. The molecule has 3 atom stereocenters. The van der Waals surface area contributed by atoms with E-state index >= 15 is 0 Å². The summed E-state index contributed by atoms with van der Waals surface area (Å²) in [5.74, 6) is 1.79. The second kappa shape index (κ2) is 5.97. The first kappa shape index (κ1) is 16.9. The molecule has 0 unspecified atom stereocenters. The predicted octanol–water partition coefficient (Wildman–Crippen LogP) is 2.84. The molecular weight excluding hydrogens is 364 g/mol. The fourth-order valence-electron chi connectivity index (χ4n) is 4.95. The van der Waals surface area contributed by atoms with Gasteiger partial charge in [-0.1, -0.05) is 0 Å². The molecule has 2 aromatic rings. The number of aromatic nitrogens is 3. The minimum Gasteiger partial charge on any atom is -0.383 e. The van der Waals surface area contributed by atoms with Crippen LogP contribution in [0, 0.1) is 11.8 Å². The van der Waals surface area contributed by atoms with Gasteiger partial charge in [0.15, 0.2) is 0 Å². The molecule has 0 spiro atoms. The lowest BCUT2D eigenvalue weighted by molar-refractivity contribution is -0.0610. The van der Waals surface area contributed by atoms with Crippen LogP contribution in [0.3, 0.4) is 0 Å². The molecule has 0 aromatic carbocycles. The lowest BCUT2D eigenvalue weighted by Crippen LogP contribution is -2.48. The van der Waals surface area contributed by atoms with Crippen molar-refractivity contribution in [3.8, 4) is 11.3 Å². The number of likely N-dealkylation sites (tertiary alicyclic amines) is 1. The maximum Gasteiger partial charge on any atom is 0.267 e. The highest BCUT2D eigenvalue weighted by atomic mass is 19.3. The molecular formula is C20H23F2N5O. The summed E-state index contributed by atoms with van der Waals surface area (Å²) in [4.78, 5) is 6.53. The highest BCUT2D eigenvalue weighted by Gasteiger charge is 2.59. The van der Waals surface area contributed by atoms with Crippen molar-refractivity contribution >= 4 is 5.82 Å². The zero-order chi connectivity index (χ0) is 19.0. The van der Waals surface area contributed by atoms with Crippen molar-refractivity contribution in [3.05, 3.63) is 29.6 Å². The van der Waals surface area contributed by atoms with Crippen molar-refractivity contribution < 1.29 is 13.5 Å². The van der Waals surface area contributed by atoms with Crippen LogP contribution in [0.4, 0.5) is 14.6 Å². The van der Waals surface area contributed by atoms with Gasteiger partial charge in [-0.15, -0.1) is 0 Å². The van der Waals surface area contributed by atoms with Crippen molar-refractivity contribution in [2.45, 2.75) is 37.3 Å². The molecule has 4 heterocycles. The van der Waals surface area contributed by atoms with Crippen LogP contribution < -0.4 is 5.73 Å². The van der Waals surface area contributed by atoms with Gasteiger partial charge in [-0.25, -0.2) is 13.8 Å². The van der Waals surface area contributed by atoms with Gasteiger partial charge in [0.2, 0.25) is 0 Å². The van der Waals surface area contributed by atoms with Crippen molar-refractivity contribution in [2.75, 3.05) is 32.0 Å². The normalized spacial score (nSPS) is 29.9. The zero-order valence-electron chi connectivity index (χ0n) is 15.5. The topological polar surface area (TPSA) is 69.2 Å². The predicted molar refractivity (Wildman–Crippen MR) is 99.0 cm³/mol. The minimum absolute atomic E-state index is 0.114. The van der Waals surface area contributed by atoms with E-state index in [4.69, 9.17) is 15.6 Å². The van der Waals surface area contributed by atoms with Crippen LogP contribution in [0.1, 0.15) is 42.5 Å². The van der Waals surface area contributed by atoms with Gasteiger partial charge < -0.3 is 10.5 Å². The van der Waals surface area contributed by atoms with Gasteiger partial charge in [0.25, 0.3) is 6.43 Å². The molecule has 2 saturated heterocycles. The number of nitrogens with zero attached hydrogens (tertiary/aromatic N) is 4. The SMILES string of the molecule is Nc1ncc(-c2cc([C@@H]3[C@@H]4CN(C5COC5)C[C@@H]43)n(C3CC3)n2)cc1C(F)F. The van der Waals surface area contributed by atoms with Crippen molar-refractivity contribution in [2.24, 2.45) is 11.8 Å². The molecule has 2 N–H and O–H groups in total. The largest absolute Gasteiger partial charge is 0.383 e. The highest BCUT2D eigenvalue weighted by Crippen LogP contribution is 2.60. The fourth-order valence-corrected chi connectivity index (χ4v) is 4.95. The van der Waals surface area contributed by atoms with E-state index in [1.54, 1.807) is 6.20 Å². The Balaban J connectivity index is 1.29. The monoisotopic (exact) mass is 387 g/mol. The van der Waals surface area contributed by atoms with Crippen LogP contribution in [-0.2, 0) is 4.74 Å². The zero-order valence-corrected chi connectivity index (χ0v) is 15.5. The number of rotatable bonds is 5. The Morgan fingerprint density at radius 3 is 2.46 bits per heavy atom. The highest BCUT2D eigenvalue weighted by molar-refractivity contribution is 5.63. The lowest BCUT2D eigenvalue weighted by Gasteiger charge is -2.35. The van der Waals surface area contributed by atoms with E-state index in [9.17, 15) is 8.78 Å². The molecule has 2 aromatic heterocycles. The van der Waals surface area contributed by atoms with Gasteiger partial charge in [0.1, 0.15) is 5.82 Å². The number of nitrogens with two attached hydrogens (primary N) is 1. The summed E-state index contributed by atoms with van der Waals surface area (Å²) in [7, 11) is 0. The quantitative estimate of drug-likeness (QED) is 0.854. The summed E-state index contributed by atoms with van der Waals surface area (Å²) in [5, 5.41) is 4.80. The summed E-state index contributed by atoms with van der Waals surface area (Å²) < 4.78 is 33.9. The first-order chi connectivity index (χ1) is 13.6. The summed E-state index contributed by atoms with van der Waals surface area (Å²) in [6, 6.07) is 4.59. The van der Waals surface area contributed by atoms with E-state index in [2.05, 4.69) is 20.6 Å². The van der Waals surface area contributed by atoms with E-state index in [1.165, 1.54) is 11.8 Å². The molecule has 6 nitrogen and oxygen atoms in total. The van der Waals surface area contributed by atoms with Crippen LogP contribution in [0.15, 0.2) is 18.3 Å². The van der Waals surface area contributed by atoms with Gasteiger partial charge in [-0.2, -0.15) is 5.10 Å². The smallest absolute Gasteiger partial charge is 0.267 e. The molecule has 2 aliphatic carbocycles. The maximum absolute atomic E-state index is 13.2. The number of alkyl halides is 2.